The molecule has 2 heterocycles. The Hall–Kier alpha value is -3.11. The maximum Gasteiger partial charge on any atom is 0.321 e. The Bertz CT molecular complexity index is 1170. The van der Waals surface area contributed by atoms with Crippen molar-refractivity contribution in [2.24, 2.45) is 0 Å². The van der Waals surface area contributed by atoms with Crippen molar-refractivity contribution < 1.29 is 22.7 Å². The van der Waals surface area contributed by atoms with Gasteiger partial charge in [0.15, 0.2) is 6.10 Å². The number of piperazine rings is 1. The number of fused-ring (bicyclic) bond motifs is 1. The van der Waals surface area contributed by atoms with Gasteiger partial charge in [0, 0.05) is 31.9 Å². The lowest BCUT2D eigenvalue weighted by molar-refractivity contribution is -0.122. The Morgan fingerprint density at radius 1 is 1.09 bits per heavy atom. The summed E-state index contributed by atoms with van der Waals surface area (Å²) in [6, 6.07) is 9.96. The van der Waals surface area contributed by atoms with Crippen LogP contribution in [0.25, 0.3) is 0 Å². The minimum atomic E-state index is -3.78. The van der Waals surface area contributed by atoms with Crippen LogP contribution in [-0.2, 0) is 14.8 Å². The summed E-state index contributed by atoms with van der Waals surface area (Å²) in [4.78, 5) is 26.2. The minimum Gasteiger partial charge on any atom is -0.479 e. The van der Waals surface area contributed by atoms with E-state index in [-0.39, 0.29) is 43.0 Å². The molecule has 1 fully saturated rings. The van der Waals surface area contributed by atoms with E-state index in [1.165, 1.54) is 16.4 Å². The first-order chi connectivity index (χ1) is 15.1. The molecule has 0 aliphatic carbocycles. The average Bonchev–Trinajstić information content (AvgIpc) is 2.76. The molecule has 1 saturated heterocycles. The highest BCUT2D eigenvalue weighted by atomic mass is 32.2. The molecule has 170 valence electrons. The van der Waals surface area contributed by atoms with Crippen molar-refractivity contribution in [1.82, 2.24) is 9.21 Å². The molecule has 32 heavy (non-hydrogen) atoms. The average molecular weight is 459 g/mol. The SMILES string of the molecule is Cc1ccc(NC(=O)N2CCN(S(=O)(=O)c3ccc4c(c3)NC(=O)[C@H](C)O4)CC2)c(C)c1. The van der Waals surface area contributed by atoms with Crippen molar-refractivity contribution in [2.45, 2.75) is 31.8 Å². The molecule has 2 aliphatic rings. The van der Waals surface area contributed by atoms with E-state index < -0.39 is 16.1 Å². The van der Waals surface area contributed by atoms with Gasteiger partial charge in [0.2, 0.25) is 10.0 Å². The lowest BCUT2D eigenvalue weighted by Gasteiger charge is -2.34. The Labute approximate surface area is 187 Å². The summed E-state index contributed by atoms with van der Waals surface area (Å²) in [5.74, 6) is 0.111. The molecule has 0 aromatic heterocycles. The van der Waals surface area contributed by atoms with Crippen LogP contribution in [0.15, 0.2) is 41.3 Å². The van der Waals surface area contributed by atoms with Crippen LogP contribution in [0.5, 0.6) is 5.75 Å². The number of anilines is 2. The first kappa shape index (κ1) is 22.1. The molecule has 4 rings (SSSR count). The van der Waals surface area contributed by atoms with Gasteiger partial charge in [0.25, 0.3) is 5.91 Å². The van der Waals surface area contributed by atoms with Gasteiger partial charge in [0.1, 0.15) is 5.75 Å². The number of ether oxygens (including phenoxy) is 1. The molecular weight excluding hydrogens is 432 g/mol. The summed E-state index contributed by atoms with van der Waals surface area (Å²) in [6.45, 7) is 6.45. The number of carbonyl (C=O) groups is 2. The number of aryl methyl sites for hydroxylation is 2. The predicted molar refractivity (Wildman–Crippen MR) is 120 cm³/mol. The third-order valence-corrected chi connectivity index (χ3v) is 7.56. The van der Waals surface area contributed by atoms with Crippen molar-refractivity contribution in [3.05, 3.63) is 47.5 Å². The topological polar surface area (TPSA) is 108 Å². The summed E-state index contributed by atoms with van der Waals surface area (Å²) in [5.41, 5.74) is 3.16. The summed E-state index contributed by atoms with van der Waals surface area (Å²) >= 11 is 0. The van der Waals surface area contributed by atoms with Gasteiger partial charge in [-0.15, -0.1) is 0 Å². The quantitative estimate of drug-likeness (QED) is 0.735. The van der Waals surface area contributed by atoms with Gasteiger partial charge >= 0.3 is 6.03 Å². The maximum absolute atomic E-state index is 13.1. The molecule has 0 bridgehead atoms. The van der Waals surface area contributed by atoms with Crippen LogP contribution in [0.4, 0.5) is 16.2 Å². The van der Waals surface area contributed by atoms with Crippen LogP contribution in [0.3, 0.4) is 0 Å². The highest BCUT2D eigenvalue weighted by molar-refractivity contribution is 7.89. The van der Waals surface area contributed by atoms with Gasteiger partial charge in [-0.05, 0) is 50.6 Å². The minimum absolute atomic E-state index is 0.0721. The van der Waals surface area contributed by atoms with E-state index in [4.69, 9.17) is 4.74 Å². The maximum atomic E-state index is 13.1. The van der Waals surface area contributed by atoms with E-state index in [1.54, 1.807) is 17.9 Å². The number of rotatable bonds is 3. The molecule has 0 saturated carbocycles. The Balaban J connectivity index is 1.42. The van der Waals surface area contributed by atoms with Gasteiger partial charge < -0.3 is 20.3 Å². The highest BCUT2D eigenvalue weighted by Gasteiger charge is 2.32. The van der Waals surface area contributed by atoms with Crippen LogP contribution in [0.1, 0.15) is 18.1 Å². The first-order valence-corrected chi connectivity index (χ1v) is 11.8. The number of hydrogen-bond donors (Lipinski definition) is 2. The third kappa shape index (κ3) is 4.28. The van der Waals surface area contributed by atoms with Crippen LogP contribution in [-0.4, -0.2) is 61.8 Å². The number of nitrogens with zero attached hydrogens (tertiary/aromatic N) is 2. The molecule has 2 aliphatic heterocycles. The molecular formula is C22H26N4O5S. The Morgan fingerprint density at radius 3 is 2.50 bits per heavy atom. The molecule has 9 nitrogen and oxygen atoms in total. The second kappa shape index (κ2) is 8.44. The molecule has 2 aromatic carbocycles. The molecule has 0 radical (unpaired) electrons. The van der Waals surface area contributed by atoms with Crippen molar-refractivity contribution >= 4 is 33.3 Å². The molecule has 3 amide bonds. The molecule has 2 aromatic rings. The molecule has 1 atom stereocenters. The fourth-order valence-corrected chi connectivity index (χ4v) is 5.23. The van der Waals surface area contributed by atoms with E-state index in [1.807, 2.05) is 32.0 Å². The number of nitrogens with one attached hydrogen (secondary N) is 2. The zero-order chi connectivity index (χ0) is 23.0. The summed E-state index contributed by atoms with van der Waals surface area (Å²) in [7, 11) is -3.78. The number of amides is 3. The van der Waals surface area contributed by atoms with E-state index in [0.29, 0.717) is 11.4 Å². The number of sulfonamides is 1. The van der Waals surface area contributed by atoms with Crippen molar-refractivity contribution in [3.8, 4) is 5.75 Å². The van der Waals surface area contributed by atoms with Gasteiger partial charge in [-0.25, -0.2) is 13.2 Å². The fourth-order valence-electron chi connectivity index (χ4n) is 3.78. The molecule has 10 heteroatoms. The predicted octanol–water partition coefficient (Wildman–Crippen LogP) is 2.56. The van der Waals surface area contributed by atoms with E-state index >= 15 is 0 Å². The second-order valence-electron chi connectivity index (χ2n) is 8.05. The van der Waals surface area contributed by atoms with Gasteiger partial charge in [-0.1, -0.05) is 17.7 Å². The molecule has 0 spiro atoms. The van der Waals surface area contributed by atoms with Gasteiger partial charge in [-0.2, -0.15) is 4.31 Å². The zero-order valence-electron chi connectivity index (χ0n) is 18.2. The number of benzene rings is 2. The Kier molecular flexibility index (Phi) is 5.83. The number of hydrogen-bond acceptors (Lipinski definition) is 5. The normalized spacial score (nSPS) is 19.0. The van der Waals surface area contributed by atoms with Crippen LogP contribution in [0.2, 0.25) is 0 Å². The zero-order valence-corrected chi connectivity index (χ0v) is 19.0. The van der Waals surface area contributed by atoms with Gasteiger partial charge in [0.05, 0.1) is 10.6 Å². The van der Waals surface area contributed by atoms with Crippen LogP contribution in [0, 0.1) is 13.8 Å². The fraction of sp³-hybridized carbons (Fsp3) is 0.364. The lowest BCUT2D eigenvalue weighted by Crippen LogP contribution is -2.51. The summed E-state index contributed by atoms with van der Waals surface area (Å²) in [5, 5.41) is 5.57. The van der Waals surface area contributed by atoms with Gasteiger partial charge in [-0.3, -0.25) is 4.79 Å². The summed E-state index contributed by atoms with van der Waals surface area (Å²) in [6.07, 6.45) is -0.632. The largest absolute Gasteiger partial charge is 0.479 e. The Morgan fingerprint density at radius 2 is 1.81 bits per heavy atom. The second-order valence-corrected chi connectivity index (χ2v) is 9.98. The van der Waals surface area contributed by atoms with E-state index in [9.17, 15) is 18.0 Å². The van der Waals surface area contributed by atoms with Crippen molar-refractivity contribution in [3.63, 3.8) is 0 Å². The van der Waals surface area contributed by atoms with Crippen molar-refractivity contribution in [1.29, 1.82) is 0 Å². The monoisotopic (exact) mass is 458 g/mol. The first-order valence-electron chi connectivity index (χ1n) is 10.4. The number of urea groups is 1. The van der Waals surface area contributed by atoms with E-state index in [2.05, 4.69) is 10.6 Å². The standard InChI is InChI=1S/C22H26N4O5S/c1-14-4-6-18(15(2)12-14)24-22(28)25-8-10-26(11-9-25)32(29,30)17-5-7-20-19(13-17)23-21(27)16(3)31-20/h4-7,12-13,16H,8-11H2,1-3H3,(H,23,27)(H,24,28)/t16-/m0/s1. The smallest absolute Gasteiger partial charge is 0.321 e. The molecule has 2 N–H and O–H groups in total. The highest BCUT2D eigenvalue weighted by Crippen LogP contribution is 2.33. The van der Waals surface area contributed by atoms with Crippen LogP contribution < -0.4 is 15.4 Å². The van der Waals surface area contributed by atoms with Crippen LogP contribution >= 0.6 is 0 Å². The lowest BCUT2D eigenvalue weighted by atomic mass is 10.1. The number of carbonyl (C=O) groups excluding carboxylic acids is 2. The van der Waals surface area contributed by atoms with Crippen molar-refractivity contribution in [2.75, 3.05) is 36.8 Å². The van der Waals surface area contributed by atoms with E-state index in [0.717, 1.165) is 16.8 Å². The summed E-state index contributed by atoms with van der Waals surface area (Å²) < 4.78 is 33.1. The third-order valence-electron chi connectivity index (χ3n) is 5.67. The molecule has 0 unspecified atom stereocenters.